The van der Waals surface area contributed by atoms with Crippen molar-refractivity contribution < 1.29 is 14.6 Å². The van der Waals surface area contributed by atoms with Crippen molar-refractivity contribution in [1.29, 1.82) is 0 Å². The fourth-order valence-corrected chi connectivity index (χ4v) is 0.614. The molecule has 3 atom stereocenters. The average molecular weight is 198 g/mol. The first-order valence-electron chi connectivity index (χ1n) is 3.81. The number of hydrogen-bond donors (Lipinski definition) is 2. The molecule has 1 saturated heterocycles. The second kappa shape index (κ2) is 4.99. The van der Waals surface area contributed by atoms with Gasteiger partial charge < -0.3 is 14.6 Å². The maximum absolute atomic E-state index is 8.57. The lowest BCUT2D eigenvalue weighted by Gasteiger charge is -2.15. The molecule has 0 aliphatic carbocycles. The minimum atomic E-state index is -1.45. The first kappa shape index (κ1) is 12.1. The van der Waals surface area contributed by atoms with Gasteiger partial charge in [-0.25, -0.2) is 0 Å². The fraction of sp³-hybridized carbons (Fsp3) is 1.00. The van der Waals surface area contributed by atoms with Crippen molar-refractivity contribution in [1.82, 2.24) is 0 Å². The first-order valence-corrected chi connectivity index (χ1v) is 4.25. The molecule has 1 fully saturated rings. The van der Waals surface area contributed by atoms with Gasteiger partial charge in [-0.3, -0.25) is 5.73 Å². The minimum absolute atomic E-state index is 0.0231. The minimum Gasteiger partial charge on any atom is -0.354 e. The standard InChI is InChI=1S/C4H11NO2.C3H5ClO/c1-3-7-4(2,5)6;1-2-3(4)5-2/h6H,3,5H2,1-2H3;2-3H,1H3. The predicted octanol–water partition coefficient (Wildman–Crippen LogP) is 0.618. The number of nitrogens with two attached hydrogens (primary N) is 1. The van der Waals surface area contributed by atoms with Crippen LogP contribution in [-0.4, -0.2) is 29.3 Å². The lowest BCUT2D eigenvalue weighted by Crippen LogP contribution is -2.38. The Morgan fingerprint density at radius 3 is 2.08 bits per heavy atom. The summed E-state index contributed by atoms with van der Waals surface area (Å²) in [5.74, 6) is -1.45. The molecule has 3 N–H and O–H groups in total. The van der Waals surface area contributed by atoms with Crippen LogP contribution in [0.25, 0.3) is 0 Å². The highest BCUT2D eigenvalue weighted by atomic mass is 35.5. The first-order chi connectivity index (χ1) is 5.37. The molecule has 1 heterocycles. The molecule has 1 aliphatic rings. The van der Waals surface area contributed by atoms with Crippen LogP contribution in [0.2, 0.25) is 0 Å². The molecule has 4 nitrogen and oxygen atoms in total. The van der Waals surface area contributed by atoms with Gasteiger partial charge in [-0.15, -0.1) is 0 Å². The highest BCUT2D eigenvalue weighted by Gasteiger charge is 2.30. The molecule has 0 amide bonds. The van der Waals surface area contributed by atoms with E-state index in [1.807, 2.05) is 6.92 Å². The van der Waals surface area contributed by atoms with Crippen LogP contribution in [0.3, 0.4) is 0 Å². The van der Waals surface area contributed by atoms with Gasteiger partial charge in [0.1, 0.15) is 0 Å². The van der Waals surface area contributed by atoms with Crippen molar-refractivity contribution in [3.63, 3.8) is 0 Å². The molecule has 0 saturated carbocycles. The number of aliphatic hydroxyl groups is 1. The number of epoxide rings is 1. The van der Waals surface area contributed by atoms with E-state index < -0.39 is 5.91 Å². The molecule has 0 bridgehead atoms. The third-order valence-corrected chi connectivity index (χ3v) is 1.53. The monoisotopic (exact) mass is 197 g/mol. The zero-order chi connectivity index (χ0) is 9.78. The molecule has 1 rings (SSSR count). The van der Waals surface area contributed by atoms with Gasteiger partial charge in [0.05, 0.1) is 6.10 Å². The van der Waals surface area contributed by atoms with Crippen LogP contribution in [0.1, 0.15) is 20.8 Å². The number of rotatable bonds is 2. The normalized spacial score (nSPS) is 31.5. The van der Waals surface area contributed by atoms with Crippen LogP contribution in [0.15, 0.2) is 0 Å². The Balaban J connectivity index is 0.000000211. The number of hydrogen-bond acceptors (Lipinski definition) is 4. The summed E-state index contributed by atoms with van der Waals surface area (Å²) >= 11 is 5.31. The number of alkyl halides is 1. The molecule has 3 unspecified atom stereocenters. The van der Waals surface area contributed by atoms with Gasteiger partial charge in [0.15, 0.2) is 5.56 Å². The third kappa shape index (κ3) is 8.23. The Hall–Kier alpha value is 0.130. The lowest BCUT2D eigenvalue weighted by atomic mass is 10.6. The molecule has 5 heteroatoms. The second-order valence-electron chi connectivity index (χ2n) is 2.68. The van der Waals surface area contributed by atoms with E-state index in [9.17, 15) is 0 Å². The van der Waals surface area contributed by atoms with Crippen molar-refractivity contribution in [2.24, 2.45) is 5.73 Å². The van der Waals surface area contributed by atoms with E-state index in [-0.39, 0.29) is 5.56 Å². The van der Waals surface area contributed by atoms with Crippen LogP contribution >= 0.6 is 11.6 Å². The van der Waals surface area contributed by atoms with Gasteiger partial charge >= 0.3 is 0 Å². The summed E-state index contributed by atoms with van der Waals surface area (Å²) in [7, 11) is 0. The van der Waals surface area contributed by atoms with E-state index in [4.69, 9.17) is 22.4 Å². The predicted molar refractivity (Wildman–Crippen MR) is 46.6 cm³/mol. The van der Waals surface area contributed by atoms with Crippen molar-refractivity contribution in [3.8, 4) is 0 Å². The SMILES string of the molecule is CC1OC1Cl.CCOC(C)(N)O. The molecular weight excluding hydrogens is 182 g/mol. The summed E-state index contributed by atoms with van der Waals surface area (Å²) in [6.07, 6.45) is 0.316. The van der Waals surface area contributed by atoms with E-state index in [1.165, 1.54) is 6.92 Å². The molecule has 74 valence electrons. The van der Waals surface area contributed by atoms with E-state index in [1.54, 1.807) is 6.92 Å². The molecular formula is C7H16ClNO3. The Morgan fingerprint density at radius 1 is 1.75 bits per heavy atom. The Labute approximate surface area is 77.6 Å². The molecule has 0 spiro atoms. The summed E-state index contributed by atoms with van der Waals surface area (Å²) in [4.78, 5) is 0. The summed E-state index contributed by atoms with van der Waals surface area (Å²) in [6.45, 7) is 5.53. The van der Waals surface area contributed by atoms with Crippen LogP contribution in [0.4, 0.5) is 0 Å². The average Bonchev–Trinajstić information content (AvgIpc) is 2.43. The fourth-order valence-electron chi connectivity index (χ4n) is 0.452. The maximum Gasteiger partial charge on any atom is 0.219 e. The van der Waals surface area contributed by atoms with Crippen LogP contribution in [-0.2, 0) is 9.47 Å². The maximum atomic E-state index is 8.57. The molecule has 0 aromatic carbocycles. The lowest BCUT2D eigenvalue weighted by molar-refractivity contribution is -0.181. The quantitative estimate of drug-likeness (QED) is 0.387. The van der Waals surface area contributed by atoms with Gasteiger partial charge in [-0.1, -0.05) is 11.6 Å². The highest BCUT2D eigenvalue weighted by molar-refractivity contribution is 6.21. The smallest absolute Gasteiger partial charge is 0.219 e. The summed E-state index contributed by atoms with van der Waals surface area (Å²) in [5.41, 5.74) is 5.00. The van der Waals surface area contributed by atoms with Gasteiger partial charge in [0.25, 0.3) is 0 Å². The summed E-state index contributed by atoms with van der Waals surface area (Å²) in [5, 5.41) is 8.57. The van der Waals surface area contributed by atoms with Crippen molar-refractivity contribution in [2.45, 2.75) is 38.3 Å². The van der Waals surface area contributed by atoms with Crippen LogP contribution in [0, 0.1) is 0 Å². The molecule has 0 radical (unpaired) electrons. The zero-order valence-corrected chi connectivity index (χ0v) is 8.34. The highest BCUT2D eigenvalue weighted by Crippen LogP contribution is 2.23. The Kier molecular flexibility index (Phi) is 5.04. The number of halogens is 1. The second-order valence-corrected chi connectivity index (χ2v) is 3.11. The Morgan fingerprint density at radius 2 is 2.08 bits per heavy atom. The van der Waals surface area contributed by atoms with Crippen molar-refractivity contribution in [3.05, 3.63) is 0 Å². The van der Waals surface area contributed by atoms with E-state index in [0.29, 0.717) is 12.7 Å². The van der Waals surface area contributed by atoms with Crippen LogP contribution in [0.5, 0.6) is 0 Å². The van der Waals surface area contributed by atoms with E-state index in [2.05, 4.69) is 9.47 Å². The van der Waals surface area contributed by atoms with Gasteiger partial charge in [0, 0.05) is 13.5 Å². The van der Waals surface area contributed by atoms with Crippen molar-refractivity contribution >= 4 is 11.6 Å². The summed E-state index contributed by atoms with van der Waals surface area (Å²) in [6, 6.07) is 0. The summed E-state index contributed by atoms with van der Waals surface area (Å²) < 4.78 is 9.24. The van der Waals surface area contributed by atoms with Gasteiger partial charge in [0.2, 0.25) is 5.91 Å². The van der Waals surface area contributed by atoms with E-state index >= 15 is 0 Å². The molecule has 0 aromatic rings. The molecule has 0 aromatic heterocycles. The molecule has 12 heavy (non-hydrogen) atoms. The largest absolute Gasteiger partial charge is 0.354 e. The number of ether oxygens (including phenoxy) is 2. The molecule has 1 aliphatic heterocycles. The zero-order valence-electron chi connectivity index (χ0n) is 7.58. The van der Waals surface area contributed by atoms with E-state index in [0.717, 1.165) is 0 Å². The Bertz CT molecular complexity index is 120. The van der Waals surface area contributed by atoms with Gasteiger partial charge in [-0.05, 0) is 13.8 Å². The third-order valence-electron chi connectivity index (χ3n) is 1.07. The topological polar surface area (TPSA) is 68.0 Å². The van der Waals surface area contributed by atoms with Gasteiger partial charge in [-0.2, -0.15) is 0 Å². The van der Waals surface area contributed by atoms with Crippen LogP contribution < -0.4 is 5.73 Å². The van der Waals surface area contributed by atoms with Crippen molar-refractivity contribution in [2.75, 3.05) is 6.61 Å².